The van der Waals surface area contributed by atoms with Crippen LogP contribution in [0.25, 0.3) is 10.2 Å². The van der Waals surface area contributed by atoms with E-state index in [4.69, 9.17) is 14.2 Å². The molecule has 0 saturated heterocycles. The van der Waals surface area contributed by atoms with Gasteiger partial charge in [0.1, 0.15) is 17.2 Å². The Morgan fingerprint density at radius 3 is 2.54 bits per heavy atom. The molecule has 10 nitrogen and oxygen atoms in total. The normalized spacial score (nSPS) is 10.7. The summed E-state index contributed by atoms with van der Waals surface area (Å²) in [4.78, 5) is 39.5. The quantitative estimate of drug-likeness (QED) is 0.376. The van der Waals surface area contributed by atoms with Crippen molar-refractivity contribution in [3.05, 3.63) is 64.6 Å². The topological polar surface area (TPSA) is 125 Å². The van der Waals surface area contributed by atoms with Crippen LogP contribution in [0.15, 0.2) is 42.7 Å². The van der Waals surface area contributed by atoms with E-state index in [0.29, 0.717) is 49.5 Å². The average molecular weight is 494 g/mol. The number of ether oxygens (including phenoxy) is 3. The fraction of sp³-hybridized carbons (Fsp3) is 0.208. The van der Waals surface area contributed by atoms with Crippen molar-refractivity contribution in [2.75, 3.05) is 32.0 Å². The monoisotopic (exact) mass is 493 g/mol. The highest BCUT2D eigenvalue weighted by atomic mass is 32.1. The molecule has 0 saturated carbocycles. The van der Waals surface area contributed by atoms with Gasteiger partial charge >= 0.3 is 0 Å². The van der Waals surface area contributed by atoms with Crippen molar-refractivity contribution in [1.82, 2.24) is 15.0 Å². The zero-order valence-electron chi connectivity index (χ0n) is 19.5. The fourth-order valence-corrected chi connectivity index (χ4v) is 4.54. The van der Waals surface area contributed by atoms with Crippen molar-refractivity contribution >= 4 is 44.7 Å². The van der Waals surface area contributed by atoms with E-state index in [0.717, 1.165) is 5.56 Å². The number of rotatable bonds is 8. The number of aryl methyl sites for hydroxylation is 1. The summed E-state index contributed by atoms with van der Waals surface area (Å²) >= 11 is 1.25. The number of methoxy groups -OCH3 is 3. The summed E-state index contributed by atoms with van der Waals surface area (Å²) < 4.78 is 16.0. The van der Waals surface area contributed by atoms with Crippen LogP contribution < -0.4 is 20.1 Å². The highest BCUT2D eigenvalue weighted by Gasteiger charge is 2.22. The van der Waals surface area contributed by atoms with Gasteiger partial charge in [0.15, 0.2) is 5.82 Å². The minimum Gasteiger partial charge on any atom is -0.494 e. The van der Waals surface area contributed by atoms with E-state index in [-0.39, 0.29) is 18.4 Å². The molecule has 0 atom stereocenters. The van der Waals surface area contributed by atoms with Gasteiger partial charge in [-0.15, -0.1) is 11.3 Å². The van der Waals surface area contributed by atoms with Crippen LogP contribution in [0.4, 0.5) is 11.4 Å². The van der Waals surface area contributed by atoms with Gasteiger partial charge in [-0.3, -0.25) is 14.6 Å². The summed E-state index contributed by atoms with van der Waals surface area (Å²) in [5.41, 5.74) is 2.10. The lowest BCUT2D eigenvalue weighted by molar-refractivity contribution is 0.101. The number of carbonyl (C=O) groups is 2. The van der Waals surface area contributed by atoms with E-state index in [1.807, 2.05) is 6.92 Å². The number of benzene rings is 1. The predicted octanol–water partition coefficient (Wildman–Crippen LogP) is 4.06. The number of aromatic nitrogens is 3. The van der Waals surface area contributed by atoms with Crippen LogP contribution in [0.1, 0.15) is 31.4 Å². The maximum Gasteiger partial charge on any atom is 0.266 e. The first-order chi connectivity index (χ1) is 16.9. The third-order valence-electron chi connectivity index (χ3n) is 5.11. The van der Waals surface area contributed by atoms with Gasteiger partial charge in [0.05, 0.1) is 35.7 Å². The molecule has 3 aromatic heterocycles. The molecule has 0 radical (unpaired) electrons. The number of hydrogen-bond acceptors (Lipinski definition) is 9. The van der Waals surface area contributed by atoms with Gasteiger partial charge in [-0.2, -0.15) is 4.98 Å². The van der Waals surface area contributed by atoms with Crippen molar-refractivity contribution in [1.29, 1.82) is 0 Å². The molecule has 1 aromatic carbocycles. The van der Waals surface area contributed by atoms with Gasteiger partial charge in [0.25, 0.3) is 11.8 Å². The second-order valence-corrected chi connectivity index (χ2v) is 8.38. The Morgan fingerprint density at radius 2 is 1.86 bits per heavy atom. The number of anilines is 2. The fourth-order valence-electron chi connectivity index (χ4n) is 3.45. The van der Waals surface area contributed by atoms with Gasteiger partial charge in [-0.05, 0) is 36.8 Å². The Bertz CT molecular complexity index is 1390. The summed E-state index contributed by atoms with van der Waals surface area (Å²) in [7, 11) is 4.57. The molecule has 11 heteroatoms. The molecule has 180 valence electrons. The third-order valence-corrected chi connectivity index (χ3v) is 6.29. The number of amides is 2. The summed E-state index contributed by atoms with van der Waals surface area (Å²) in [5.74, 6) is 0.626. The lowest BCUT2D eigenvalue weighted by Crippen LogP contribution is -2.14. The van der Waals surface area contributed by atoms with Gasteiger partial charge in [0.2, 0.25) is 5.88 Å². The SMILES string of the molecule is COCc1nc(OC)c2c(C)c(C(=O)Nc3ccc(NC(=O)c4cccnc4)c(OC)c3)sc2n1. The molecule has 2 N–H and O–H groups in total. The van der Waals surface area contributed by atoms with Crippen molar-refractivity contribution in [2.24, 2.45) is 0 Å². The number of carbonyl (C=O) groups excluding carboxylic acids is 2. The van der Waals surface area contributed by atoms with Crippen molar-refractivity contribution < 1.29 is 23.8 Å². The maximum absolute atomic E-state index is 13.1. The Labute approximate surface area is 205 Å². The molecule has 0 aliphatic rings. The smallest absolute Gasteiger partial charge is 0.266 e. The molecule has 35 heavy (non-hydrogen) atoms. The van der Waals surface area contributed by atoms with Gasteiger partial charge in [-0.25, -0.2) is 4.98 Å². The van der Waals surface area contributed by atoms with Crippen molar-refractivity contribution in [3.8, 4) is 11.6 Å². The highest BCUT2D eigenvalue weighted by Crippen LogP contribution is 2.36. The summed E-state index contributed by atoms with van der Waals surface area (Å²) in [6, 6.07) is 8.32. The van der Waals surface area contributed by atoms with E-state index in [1.165, 1.54) is 31.8 Å². The predicted molar refractivity (Wildman–Crippen MR) is 133 cm³/mol. The molecule has 0 aliphatic heterocycles. The standard InChI is InChI=1S/C24H23N5O5S/c1-13-19-23(34-4)28-18(12-32-2)29-24(19)35-20(13)22(31)26-15-7-8-16(17(10-15)33-3)27-21(30)14-6-5-9-25-11-14/h5-11H,12H2,1-4H3,(H,26,31)(H,27,30). The number of nitrogens with zero attached hydrogens (tertiary/aromatic N) is 3. The molecular formula is C24H23N5O5S. The van der Waals surface area contributed by atoms with Gasteiger partial charge in [0, 0.05) is 31.3 Å². The Morgan fingerprint density at radius 1 is 1.03 bits per heavy atom. The lowest BCUT2D eigenvalue weighted by Gasteiger charge is -2.12. The number of hydrogen-bond donors (Lipinski definition) is 2. The molecule has 0 aliphatic carbocycles. The summed E-state index contributed by atoms with van der Waals surface area (Å²) in [6.07, 6.45) is 3.07. The van der Waals surface area contributed by atoms with Crippen molar-refractivity contribution in [2.45, 2.75) is 13.5 Å². The number of nitrogens with one attached hydrogen (secondary N) is 2. The van der Waals surface area contributed by atoms with Gasteiger partial charge in [-0.1, -0.05) is 0 Å². The second-order valence-electron chi connectivity index (χ2n) is 7.38. The Balaban J connectivity index is 1.58. The third kappa shape index (κ3) is 5.05. The lowest BCUT2D eigenvalue weighted by atomic mass is 10.2. The Hall–Kier alpha value is -4.09. The molecular weight excluding hydrogens is 470 g/mol. The summed E-state index contributed by atoms with van der Waals surface area (Å²) in [6.45, 7) is 2.06. The maximum atomic E-state index is 13.1. The van der Waals surface area contributed by atoms with Crippen LogP contribution in [-0.2, 0) is 11.3 Å². The zero-order valence-corrected chi connectivity index (χ0v) is 20.4. The van der Waals surface area contributed by atoms with E-state index in [2.05, 4.69) is 25.6 Å². The largest absolute Gasteiger partial charge is 0.494 e. The molecule has 0 unspecified atom stereocenters. The molecule has 2 amide bonds. The minimum atomic E-state index is -0.322. The molecule has 4 aromatic rings. The average Bonchev–Trinajstić information content (AvgIpc) is 3.21. The van der Waals surface area contributed by atoms with Crippen LogP contribution in [0.2, 0.25) is 0 Å². The first-order valence-corrected chi connectivity index (χ1v) is 11.3. The van der Waals surface area contributed by atoms with Crippen LogP contribution in [0, 0.1) is 6.92 Å². The van der Waals surface area contributed by atoms with Crippen LogP contribution in [0.5, 0.6) is 11.6 Å². The molecule has 0 fully saturated rings. The molecule has 3 heterocycles. The Kier molecular flexibility index (Phi) is 7.18. The van der Waals surface area contributed by atoms with Crippen molar-refractivity contribution in [3.63, 3.8) is 0 Å². The number of pyridine rings is 1. The van der Waals surface area contributed by atoms with E-state index in [9.17, 15) is 9.59 Å². The van der Waals surface area contributed by atoms with E-state index >= 15 is 0 Å². The van der Waals surface area contributed by atoms with Crippen LogP contribution in [-0.4, -0.2) is 48.1 Å². The van der Waals surface area contributed by atoms with E-state index in [1.54, 1.807) is 43.6 Å². The number of fused-ring (bicyclic) bond motifs is 1. The first-order valence-electron chi connectivity index (χ1n) is 10.5. The molecule has 0 spiro atoms. The zero-order chi connectivity index (χ0) is 24.9. The highest BCUT2D eigenvalue weighted by molar-refractivity contribution is 7.20. The van der Waals surface area contributed by atoms with Gasteiger partial charge < -0.3 is 24.8 Å². The molecule has 4 rings (SSSR count). The summed E-state index contributed by atoms with van der Waals surface area (Å²) in [5, 5.41) is 6.36. The van der Waals surface area contributed by atoms with E-state index < -0.39 is 0 Å². The van der Waals surface area contributed by atoms with Crippen LogP contribution >= 0.6 is 11.3 Å². The molecule has 0 bridgehead atoms. The first kappa shape index (κ1) is 24.0. The number of thiophene rings is 1. The minimum absolute atomic E-state index is 0.230. The second kappa shape index (κ2) is 10.5. The van der Waals surface area contributed by atoms with Crippen LogP contribution in [0.3, 0.4) is 0 Å².